The van der Waals surface area contributed by atoms with Crippen molar-refractivity contribution >= 4 is 35.6 Å². The fourth-order valence-corrected chi connectivity index (χ4v) is 4.64. The second-order valence-electron chi connectivity index (χ2n) is 8.82. The van der Waals surface area contributed by atoms with Gasteiger partial charge in [0.2, 0.25) is 0 Å². The fourth-order valence-electron chi connectivity index (χ4n) is 4.64. The lowest BCUT2D eigenvalue weighted by Gasteiger charge is -2.27. The molecular weight excluding hydrogens is 472 g/mol. The predicted octanol–water partition coefficient (Wildman–Crippen LogP) is 6.06. The molecule has 8 heteroatoms. The molecule has 35 heavy (non-hydrogen) atoms. The Bertz CT molecular complexity index is 1240. The standard InChI is InChI=1S/C27H25F2N3O2.ClH/c28-27(29)23-16-21(10-12-24(23)31-26(27)34)30-25(33)19-9-11-22(18-7-3-1-4-8-18)20(15-19)17-32-13-5-2-6-14-32;/h1,3-4,7-12,15-16H,2,5-6,13-14,17H2,(H,30,33)(H,31,34);1H. The Labute approximate surface area is 208 Å². The number of amides is 2. The van der Waals surface area contributed by atoms with Crippen LogP contribution >= 0.6 is 12.4 Å². The molecule has 5 nitrogen and oxygen atoms in total. The van der Waals surface area contributed by atoms with Crippen LogP contribution in [0.15, 0.2) is 66.7 Å². The number of hydrogen-bond acceptors (Lipinski definition) is 3. The number of piperidine rings is 1. The van der Waals surface area contributed by atoms with Gasteiger partial charge in [-0.05, 0) is 73.0 Å². The first-order valence-corrected chi connectivity index (χ1v) is 11.5. The van der Waals surface area contributed by atoms with Crippen molar-refractivity contribution in [2.75, 3.05) is 23.7 Å². The maximum atomic E-state index is 14.1. The van der Waals surface area contributed by atoms with Gasteiger partial charge in [-0.1, -0.05) is 42.8 Å². The van der Waals surface area contributed by atoms with Gasteiger partial charge in [-0.2, -0.15) is 8.78 Å². The molecule has 0 spiro atoms. The number of carbonyl (C=O) groups is 2. The smallest absolute Gasteiger partial charge is 0.322 e. The summed E-state index contributed by atoms with van der Waals surface area (Å²) in [6.07, 6.45) is 3.58. The van der Waals surface area contributed by atoms with Crippen LogP contribution in [0.25, 0.3) is 11.1 Å². The highest BCUT2D eigenvalue weighted by atomic mass is 35.5. The van der Waals surface area contributed by atoms with E-state index in [1.807, 2.05) is 30.3 Å². The minimum atomic E-state index is -3.62. The molecule has 3 aromatic rings. The number of carbonyl (C=O) groups excluding carboxylic acids is 2. The van der Waals surface area contributed by atoms with E-state index in [0.29, 0.717) is 5.56 Å². The molecule has 0 bridgehead atoms. The van der Waals surface area contributed by atoms with Crippen LogP contribution in [0.3, 0.4) is 0 Å². The Morgan fingerprint density at radius 2 is 1.71 bits per heavy atom. The second kappa shape index (κ2) is 10.1. The highest BCUT2D eigenvalue weighted by Gasteiger charge is 2.48. The lowest BCUT2D eigenvalue weighted by molar-refractivity contribution is -0.139. The molecule has 1 fully saturated rings. The number of halogens is 3. The van der Waals surface area contributed by atoms with E-state index in [0.717, 1.165) is 42.4 Å². The van der Waals surface area contributed by atoms with E-state index in [2.05, 4.69) is 27.7 Å². The summed E-state index contributed by atoms with van der Waals surface area (Å²) >= 11 is 0. The van der Waals surface area contributed by atoms with Crippen LogP contribution in [-0.2, 0) is 17.3 Å². The normalized spacial score (nSPS) is 16.7. The van der Waals surface area contributed by atoms with Crippen molar-refractivity contribution in [1.29, 1.82) is 0 Å². The van der Waals surface area contributed by atoms with Gasteiger partial charge in [0.1, 0.15) is 0 Å². The first kappa shape index (κ1) is 24.8. The maximum absolute atomic E-state index is 14.1. The molecule has 0 radical (unpaired) electrons. The summed E-state index contributed by atoms with van der Waals surface area (Å²) < 4.78 is 28.2. The van der Waals surface area contributed by atoms with Crippen LogP contribution in [0, 0.1) is 0 Å². The van der Waals surface area contributed by atoms with Gasteiger partial charge in [-0.15, -0.1) is 12.4 Å². The molecular formula is C27H26ClF2N3O2. The first-order valence-electron chi connectivity index (χ1n) is 11.5. The molecule has 0 aliphatic carbocycles. The van der Waals surface area contributed by atoms with Gasteiger partial charge in [0.05, 0.1) is 11.3 Å². The topological polar surface area (TPSA) is 61.4 Å². The van der Waals surface area contributed by atoms with Crippen LogP contribution < -0.4 is 10.6 Å². The zero-order valence-corrected chi connectivity index (χ0v) is 19.8. The zero-order chi connectivity index (χ0) is 23.7. The van der Waals surface area contributed by atoms with E-state index < -0.39 is 17.4 Å². The van der Waals surface area contributed by atoms with E-state index in [-0.39, 0.29) is 29.7 Å². The van der Waals surface area contributed by atoms with Gasteiger partial charge in [-0.3, -0.25) is 14.5 Å². The molecule has 182 valence electrons. The number of anilines is 2. The maximum Gasteiger partial charge on any atom is 0.352 e. The Hall–Kier alpha value is -3.29. The average Bonchev–Trinajstić information content (AvgIpc) is 3.08. The Kier molecular flexibility index (Phi) is 7.19. The van der Waals surface area contributed by atoms with Crippen LogP contribution in [-0.4, -0.2) is 29.8 Å². The van der Waals surface area contributed by atoms with Gasteiger partial charge in [0, 0.05) is 17.8 Å². The summed E-state index contributed by atoms with van der Waals surface area (Å²) in [5, 5.41) is 4.87. The Morgan fingerprint density at radius 3 is 2.46 bits per heavy atom. The number of nitrogens with zero attached hydrogens (tertiary/aromatic N) is 1. The molecule has 2 N–H and O–H groups in total. The highest BCUT2D eigenvalue weighted by molar-refractivity contribution is 6.07. The lowest BCUT2D eigenvalue weighted by Crippen LogP contribution is -2.29. The second-order valence-corrected chi connectivity index (χ2v) is 8.82. The number of nitrogens with one attached hydrogen (secondary N) is 2. The molecule has 0 unspecified atom stereocenters. The first-order chi connectivity index (χ1) is 16.4. The van der Waals surface area contributed by atoms with E-state index in [9.17, 15) is 18.4 Å². The third-order valence-electron chi connectivity index (χ3n) is 6.44. The zero-order valence-electron chi connectivity index (χ0n) is 19.0. The van der Waals surface area contributed by atoms with E-state index in [1.54, 1.807) is 6.07 Å². The average molecular weight is 498 g/mol. The Morgan fingerprint density at radius 1 is 0.971 bits per heavy atom. The summed E-state index contributed by atoms with van der Waals surface area (Å²) in [6.45, 7) is 2.80. The van der Waals surface area contributed by atoms with Gasteiger partial charge in [-0.25, -0.2) is 0 Å². The third kappa shape index (κ3) is 5.06. The molecule has 5 rings (SSSR count). The summed E-state index contributed by atoms with van der Waals surface area (Å²) in [7, 11) is 0. The summed E-state index contributed by atoms with van der Waals surface area (Å²) in [6, 6.07) is 19.7. The van der Waals surface area contributed by atoms with Gasteiger partial charge in [0.25, 0.3) is 11.8 Å². The summed E-state index contributed by atoms with van der Waals surface area (Å²) in [4.78, 5) is 26.9. The van der Waals surface area contributed by atoms with Crippen LogP contribution in [0.2, 0.25) is 0 Å². The largest absolute Gasteiger partial charge is 0.352 e. The number of rotatable bonds is 5. The molecule has 2 aliphatic rings. The minimum absolute atomic E-state index is 0. The monoisotopic (exact) mass is 497 g/mol. The predicted molar refractivity (Wildman–Crippen MR) is 135 cm³/mol. The van der Waals surface area contributed by atoms with Crippen molar-refractivity contribution in [3.63, 3.8) is 0 Å². The summed E-state index contributed by atoms with van der Waals surface area (Å²) in [5.74, 6) is -5.36. The van der Waals surface area contributed by atoms with Gasteiger partial charge >= 0.3 is 5.92 Å². The van der Waals surface area contributed by atoms with Crippen LogP contribution in [0.4, 0.5) is 20.2 Å². The number of hydrogen-bond donors (Lipinski definition) is 2. The van der Waals surface area contributed by atoms with Crippen LogP contribution in [0.1, 0.15) is 40.7 Å². The molecule has 3 aromatic carbocycles. The van der Waals surface area contributed by atoms with Crippen molar-refractivity contribution in [1.82, 2.24) is 4.90 Å². The van der Waals surface area contributed by atoms with Gasteiger partial charge < -0.3 is 10.6 Å². The van der Waals surface area contributed by atoms with E-state index in [4.69, 9.17) is 0 Å². The van der Waals surface area contributed by atoms with Crippen molar-refractivity contribution in [2.24, 2.45) is 0 Å². The highest BCUT2D eigenvalue weighted by Crippen LogP contribution is 2.41. The molecule has 0 aromatic heterocycles. The Balaban J connectivity index is 0.00000289. The fraction of sp³-hybridized carbons (Fsp3) is 0.259. The number of benzene rings is 3. The van der Waals surface area contributed by atoms with Crippen LogP contribution in [0.5, 0.6) is 0 Å². The number of alkyl halides is 2. The molecule has 2 aliphatic heterocycles. The van der Waals surface area contributed by atoms with E-state index >= 15 is 0 Å². The SMILES string of the molecule is Cl.O=C(Nc1ccc2c(c1)C(F)(F)C(=O)N2)c1ccc(-c2ccccc2)c(CN2CCCCC2)c1. The minimum Gasteiger partial charge on any atom is -0.322 e. The lowest BCUT2D eigenvalue weighted by atomic mass is 9.96. The van der Waals surface area contributed by atoms with Gasteiger partial charge in [0.15, 0.2) is 0 Å². The molecule has 0 atom stereocenters. The quantitative estimate of drug-likeness (QED) is 0.450. The molecule has 0 saturated carbocycles. The molecule has 2 amide bonds. The third-order valence-corrected chi connectivity index (χ3v) is 6.44. The van der Waals surface area contributed by atoms with E-state index in [1.165, 1.54) is 31.4 Å². The van der Waals surface area contributed by atoms with Crippen molar-refractivity contribution in [3.8, 4) is 11.1 Å². The molecule has 2 heterocycles. The number of fused-ring (bicyclic) bond motifs is 1. The van der Waals surface area contributed by atoms with Crippen molar-refractivity contribution in [3.05, 3.63) is 83.4 Å². The summed E-state index contributed by atoms with van der Waals surface area (Å²) in [5.41, 5.74) is 3.50. The number of likely N-dealkylation sites (tertiary alicyclic amines) is 1. The van der Waals surface area contributed by atoms with Crippen molar-refractivity contribution < 1.29 is 18.4 Å². The van der Waals surface area contributed by atoms with Crippen molar-refractivity contribution in [2.45, 2.75) is 31.7 Å². The molecule has 1 saturated heterocycles.